The first-order valence-corrected chi connectivity index (χ1v) is 6.29. The summed E-state index contributed by atoms with van der Waals surface area (Å²) in [6.45, 7) is 1.45. The van der Waals surface area contributed by atoms with Crippen LogP contribution >= 0.6 is 0 Å². The van der Waals surface area contributed by atoms with Crippen LogP contribution in [-0.4, -0.2) is 39.8 Å². The summed E-state index contributed by atoms with van der Waals surface area (Å²) in [5.41, 5.74) is 0. The van der Waals surface area contributed by atoms with Crippen LogP contribution in [0.2, 0.25) is 6.04 Å². The molecule has 1 saturated heterocycles. The molecule has 12 heavy (non-hydrogen) atoms. The maximum atomic E-state index is 8.09. The Labute approximate surface area is 76.7 Å². The van der Waals surface area contributed by atoms with E-state index in [2.05, 4.69) is 0 Å². The minimum absolute atomic E-state index is 0.00849. The van der Waals surface area contributed by atoms with Crippen LogP contribution in [0.25, 0.3) is 0 Å². The van der Waals surface area contributed by atoms with Gasteiger partial charge in [-0.25, -0.2) is 0 Å². The van der Waals surface area contributed by atoms with Crippen molar-refractivity contribution in [2.75, 3.05) is 19.8 Å². The lowest BCUT2D eigenvalue weighted by molar-refractivity contribution is 0.242. The molecule has 1 rings (SSSR count). The molecule has 4 heteroatoms. The van der Waals surface area contributed by atoms with Gasteiger partial charge in [-0.2, -0.15) is 0 Å². The lowest BCUT2D eigenvalue weighted by atomic mass is 10.3. The van der Waals surface area contributed by atoms with Crippen LogP contribution in [0.5, 0.6) is 0 Å². The third-order valence-electron chi connectivity index (χ3n) is 1.64. The van der Waals surface area contributed by atoms with Crippen LogP contribution in [0.1, 0.15) is 25.7 Å². The molecule has 0 aliphatic carbocycles. The fourth-order valence-electron chi connectivity index (χ4n) is 0.911. The molecule has 0 aromatic carbocycles. The van der Waals surface area contributed by atoms with Crippen molar-refractivity contribution in [1.82, 2.24) is 0 Å². The van der Waals surface area contributed by atoms with Gasteiger partial charge in [0.1, 0.15) is 0 Å². The van der Waals surface area contributed by atoms with Crippen LogP contribution in [0, 0.1) is 0 Å². The van der Waals surface area contributed by atoms with E-state index in [1.54, 1.807) is 0 Å². The molecule has 1 fully saturated rings. The summed E-state index contributed by atoms with van der Waals surface area (Å²) in [6, 6.07) is 1.42. The minimum atomic E-state index is 0.00849. The van der Waals surface area contributed by atoms with Gasteiger partial charge in [0.25, 0.3) is 0 Å². The molecule has 3 nitrogen and oxygen atoms in total. The first-order valence-electron chi connectivity index (χ1n) is 4.71. The van der Waals surface area contributed by atoms with Crippen molar-refractivity contribution < 1.29 is 14.6 Å². The standard InChI is InChI=1S/C4H10O2.C4H10OSi/c5-3-1-2-4-6;1-2-4-6-5-3-1/h5-6H,1-4H2;1-4,6H2. The van der Waals surface area contributed by atoms with Gasteiger partial charge in [0.15, 0.2) is 9.76 Å². The number of hydrogen-bond donors (Lipinski definition) is 2. The Morgan fingerprint density at radius 3 is 1.92 bits per heavy atom. The highest BCUT2D eigenvalue weighted by molar-refractivity contribution is 6.27. The minimum Gasteiger partial charge on any atom is -0.424 e. The predicted octanol–water partition coefficient (Wildman–Crippen LogP) is 0.0501. The van der Waals surface area contributed by atoms with Crippen LogP contribution < -0.4 is 0 Å². The van der Waals surface area contributed by atoms with Gasteiger partial charge in [0.2, 0.25) is 0 Å². The molecule has 0 radical (unpaired) electrons. The van der Waals surface area contributed by atoms with E-state index < -0.39 is 0 Å². The highest BCUT2D eigenvalue weighted by atomic mass is 28.2. The molecule has 0 atom stereocenters. The van der Waals surface area contributed by atoms with Crippen LogP contribution in [-0.2, 0) is 4.43 Å². The summed E-state index contributed by atoms with van der Waals surface area (Å²) in [5.74, 6) is 0. The van der Waals surface area contributed by atoms with E-state index in [0.717, 1.165) is 19.4 Å². The Morgan fingerprint density at radius 1 is 1.08 bits per heavy atom. The molecule has 0 saturated carbocycles. The second kappa shape index (κ2) is 11.1. The van der Waals surface area contributed by atoms with Crippen molar-refractivity contribution in [3.05, 3.63) is 0 Å². The first-order chi connectivity index (χ1) is 5.91. The zero-order valence-corrected chi connectivity index (χ0v) is 9.08. The number of hydrogen-bond acceptors (Lipinski definition) is 3. The van der Waals surface area contributed by atoms with Crippen LogP contribution in [0.3, 0.4) is 0 Å². The van der Waals surface area contributed by atoms with Gasteiger partial charge in [0.05, 0.1) is 0 Å². The second-order valence-electron chi connectivity index (χ2n) is 2.83. The van der Waals surface area contributed by atoms with Crippen molar-refractivity contribution in [1.29, 1.82) is 0 Å². The monoisotopic (exact) mass is 192 g/mol. The summed E-state index contributed by atoms with van der Waals surface area (Å²) in [7, 11) is 0.00849. The fraction of sp³-hybridized carbons (Fsp3) is 1.00. The van der Waals surface area contributed by atoms with Gasteiger partial charge in [-0.3, -0.25) is 0 Å². The number of aliphatic hydroxyl groups excluding tert-OH is 2. The molecule has 0 spiro atoms. The molecule has 2 N–H and O–H groups in total. The summed E-state index contributed by atoms with van der Waals surface area (Å²) in [6.07, 6.45) is 4.19. The molecule has 0 amide bonds. The Kier molecular flexibility index (Phi) is 11.2. The van der Waals surface area contributed by atoms with Crippen molar-refractivity contribution in [3.8, 4) is 0 Å². The summed E-state index contributed by atoms with van der Waals surface area (Å²) in [4.78, 5) is 0. The molecule has 0 aromatic heterocycles. The molecule has 0 aromatic rings. The summed E-state index contributed by atoms with van der Waals surface area (Å²) in [5, 5.41) is 16.2. The highest BCUT2D eigenvalue weighted by Gasteiger charge is 1.96. The molecular weight excluding hydrogens is 172 g/mol. The molecule has 1 heterocycles. The number of unbranched alkanes of at least 4 members (excludes halogenated alkanes) is 1. The van der Waals surface area contributed by atoms with E-state index in [4.69, 9.17) is 14.6 Å². The van der Waals surface area contributed by atoms with E-state index in [0.29, 0.717) is 0 Å². The number of aliphatic hydroxyl groups is 2. The van der Waals surface area contributed by atoms with E-state index in [-0.39, 0.29) is 23.0 Å². The normalized spacial score (nSPS) is 18.5. The molecule has 1 aliphatic rings. The fourth-order valence-corrected chi connectivity index (χ4v) is 2.08. The Bertz CT molecular complexity index is 61.2. The molecule has 0 unspecified atom stereocenters. The average molecular weight is 192 g/mol. The largest absolute Gasteiger partial charge is 0.424 e. The lowest BCUT2D eigenvalue weighted by Crippen LogP contribution is -2.06. The number of rotatable bonds is 3. The third kappa shape index (κ3) is 10.1. The smallest absolute Gasteiger partial charge is 0.161 e. The third-order valence-corrected chi connectivity index (χ3v) is 3.01. The maximum absolute atomic E-state index is 8.09. The molecule has 0 bridgehead atoms. The Balaban J connectivity index is 0.000000202. The Hall–Kier alpha value is 0.0969. The van der Waals surface area contributed by atoms with E-state index in [1.807, 2.05) is 0 Å². The van der Waals surface area contributed by atoms with Gasteiger partial charge >= 0.3 is 0 Å². The van der Waals surface area contributed by atoms with Crippen molar-refractivity contribution in [3.63, 3.8) is 0 Å². The average Bonchev–Trinajstić information content (AvgIpc) is 2.18. The Morgan fingerprint density at radius 2 is 1.75 bits per heavy atom. The molecule has 1 aliphatic heterocycles. The van der Waals surface area contributed by atoms with Gasteiger partial charge in [-0.05, 0) is 25.3 Å². The molecular formula is C8H20O3Si. The van der Waals surface area contributed by atoms with Crippen molar-refractivity contribution in [2.45, 2.75) is 31.7 Å². The van der Waals surface area contributed by atoms with Gasteiger partial charge in [-0.1, -0.05) is 6.42 Å². The summed E-state index contributed by atoms with van der Waals surface area (Å²) < 4.78 is 5.21. The van der Waals surface area contributed by atoms with Gasteiger partial charge < -0.3 is 14.6 Å². The highest BCUT2D eigenvalue weighted by Crippen LogP contribution is 2.01. The second-order valence-corrected chi connectivity index (χ2v) is 4.35. The van der Waals surface area contributed by atoms with E-state index in [9.17, 15) is 0 Å². The van der Waals surface area contributed by atoms with E-state index in [1.165, 1.54) is 18.9 Å². The van der Waals surface area contributed by atoms with Crippen molar-refractivity contribution >= 4 is 9.76 Å². The zero-order valence-electron chi connectivity index (χ0n) is 7.67. The summed E-state index contributed by atoms with van der Waals surface area (Å²) >= 11 is 0. The van der Waals surface area contributed by atoms with E-state index >= 15 is 0 Å². The zero-order chi connectivity index (χ0) is 9.07. The van der Waals surface area contributed by atoms with Gasteiger partial charge in [-0.15, -0.1) is 0 Å². The van der Waals surface area contributed by atoms with Crippen LogP contribution in [0.4, 0.5) is 0 Å². The quantitative estimate of drug-likeness (QED) is 0.491. The maximum Gasteiger partial charge on any atom is 0.161 e. The lowest BCUT2D eigenvalue weighted by Gasteiger charge is -2.07. The predicted molar refractivity (Wildman–Crippen MR) is 51.9 cm³/mol. The SMILES string of the molecule is C1CC[SiH2]OC1.OCCCCO. The molecule has 74 valence electrons. The first kappa shape index (κ1) is 12.1. The van der Waals surface area contributed by atoms with Crippen LogP contribution in [0.15, 0.2) is 0 Å². The van der Waals surface area contributed by atoms with Gasteiger partial charge in [0, 0.05) is 19.8 Å². The topological polar surface area (TPSA) is 49.7 Å². The van der Waals surface area contributed by atoms with Crippen molar-refractivity contribution in [2.24, 2.45) is 0 Å².